The Morgan fingerprint density at radius 1 is 1.05 bits per heavy atom. The number of para-hydroxylation sites is 1. The van der Waals surface area contributed by atoms with Gasteiger partial charge in [0.05, 0.1) is 5.69 Å². The molecule has 0 aliphatic heterocycles. The van der Waals surface area contributed by atoms with Crippen molar-refractivity contribution in [3.05, 3.63) is 24.3 Å². The van der Waals surface area contributed by atoms with Gasteiger partial charge in [-0.2, -0.15) is 0 Å². The molecule has 4 nitrogen and oxygen atoms in total. The maximum absolute atomic E-state index is 12.4. The topological polar surface area (TPSA) is 58.2 Å². The van der Waals surface area contributed by atoms with E-state index < -0.39 is 10.0 Å². The summed E-state index contributed by atoms with van der Waals surface area (Å²) in [6, 6.07) is 6.93. The molecule has 20 heavy (non-hydrogen) atoms. The monoisotopic (exact) mass is 298 g/mol. The second kappa shape index (κ2) is 7.09. The van der Waals surface area contributed by atoms with Crippen molar-refractivity contribution >= 4 is 15.7 Å². The molecule has 0 radical (unpaired) electrons. The van der Waals surface area contributed by atoms with Crippen molar-refractivity contribution in [3.63, 3.8) is 0 Å². The van der Waals surface area contributed by atoms with Gasteiger partial charge in [-0.25, -0.2) is 13.1 Å². The molecule has 0 spiro atoms. The van der Waals surface area contributed by atoms with Crippen LogP contribution in [0, 0.1) is 17.8 Å². The van der Waals surface area contributed by atoms with E-state index in [-0.39, 0.29) is 0 Å². The van der Waals surface area contributed by atoms with Gasteiger partial charge >= 0.3 is 0 Å². The molecule has 114 valence electrons. The van der Waals surface area contributed by atoms with E-state index in [1.807, 2.05) is 6.07 Å². The molecule has 0 amide bonds. The minimum atomic E-state index is -3.48. The number of hydrogen-bond acceptors (Lipinski definition) is 3. The van der Waals surface area contributed by atoms with Crippen LogP contribution >= 0.6 is 0 Å². The Morgan fingerprint density at radius 3 is 2.10 bits per heavy atom. The molecule has 0 aliphatic carbocycles. The lowest BCUT2D eigenvalue weighted by atomic mass is 9.86. The van der Waals surface area contributed by atoms with Gasteiger partial charge in [0.15, 0.2) is 0 Å². The number of rotatable bonds is 7. The van der Waals surface area contributed by atoms with E-state index in [0.717, 1.165) is 0 Å². The Balaban J connectivity index is 2.90. The van der Waals surface area contributed by atoms with Gasteiger partial charge in [0, 0.05) is 13.6 Å². The van der Waals surface area contributed by atoms with Gasteiger partial charge in [-0.3, -0.25) is 0 Å². The highest BCUT2D eigenvalue weighted by Gasteiger charge is 2.22. The molecule has 0 atom stereocenters. The average molecular weight is 298 g/mol. The minimum absolute atomic E-state index is 0.300. The summed E-state index contributed by atoms with van der Waals surface area (Å²) in [5.41, 5.74) is 0.616. The van der Waals surface area contributed by atoms with Gasteiger partial charge in [0.1, 0.15) is 4.90 Å². The van der Waals surface area contributed by atoms with Crippen LogP contribution in [0.4, 0.5) is 5.69 Å². The Hall–Kier alpha value is -1.07. The maximum Gasteiger partial charge on any atom is 0.242 e. The molecule has 1 rings (SSSR count). The van der Waals surface area contributed by atoms with E-state index in [0.29, 0.717) is 34.9 Å². The first-order chi connectivity index (χ1) is 9.29. The third kappa shape index (κ3) is 4.21. The Labute approximate surface area is 123 Å². The fourth-order valence-electron chi connectivity index (χ4n) is 2.43. The summed E-state index contributed by atoms with van der Waals surface area (Å²) in [6.07, 6.45) is 0. The largest absolute Gasteiger partial charge is 0.387 e. The van der Waals surface area contributed by atoms with Crippen LogP contribution in [0.25, 0.3) is 0 Å². The van der Waals surface area contributed by atoms with Crippen molar-refractivity contribution < 1.29 is 8.42 Å². The van der Waals surface area contributed by atoms with Gasteiger partial charge in [-0.1, -0.05) is 39.8 Å². The standard InChI is InChI=1S/C15H26N2O2S/c1-11(2)13(12(3)4)10-17-20(18,19)15-9-7-6-8-14(15)16-5/h6-9,11-13,16-17H,10H2,1-5H3. The molecular formula is C15H26N2O2S. The van der Waals surface area contributed by atoms with Crippen molar-refractivity contribution in [1.82, 2.24) is 4.72 Å². The Kier molecular flexibility index (Phi) is 6.02. The summed E-state index contributed by atoms with van der Waals surface area (Å²) >= 11 is 0. The molecule has 1 aromatic carbocycles. The third-order valence-electron chi connectivity index (χ3n) is 3.67. The molecule has 0 heterocycles. The van der Waals surface area contributed by atoms with Crippen molar-refractivity contribution in [2.24, 2.45) is 17.8 Å². The number of anilines is 1. The molecule has 0 unspecified atom stereocenters. The van der Waals surface area contributed by atoms with Crippen LogP contribution in [-0.2, 0) is 10.0 Å². The van der Waals surface area contributed by atoms with Crippen LogP contribution in [0.5, 0.6) is 0 Å². The number of hydrogen-bond donors (Lipinski definition) is 2. The zero-order chi connectivity index (χ0) is 15.3. The summed E-state index contributed by atoms with van der Waals surface area (Å²) < 4.78 is 27.6. The van der Waals surface area contributed by atoms with Crippen LogP contribution in [0.3, 0.4) is 0 Å². The van der Waals surface area contributed by atoms with Gasteiger partial charge < -0.3 is 5.32 Å². The van der Waals surface area contributed by atoms with Crippen molar-refractivity contribution in [3.8, 4) is 0 Å². The van der Waals surface area contributed by atoms with E-state index in [2.05, 4.69) is 37.7 Å². The molecule has 1 aromatic rings. The molecule has 0 saturated carbocycles. The lowest BCUT2D eigenvalue weighted by Crippen LogP contribution is -2.34. The van der Waals surface area contributed by atoms with Crippen molar-refractivity contribution in [2.75, 3.05) is 18.9 Å². The van der Waals surface area contributed by atoms with Crippen molar-refractivity contribution in [2.45, 2.75) is 32.6 Å². The predicted octanol–water partition coefficient (Wildman–Crippen LogP) is 2.93. The highest BCUT2D eigenvalue weighted by atomic mass is 32.2. The Bertz CT molecular complexity index is 516. The quantitative estimate of drug-likeness (QED) is 0.813. The molecule has 2 N–H and O–H groups in total. The fourth-order valence-corrected chi connectivity index (χ4v) is 3.72. The lowest BCUT2D eigenvalue weighted by Gasteiger charge is -2.25. The molecule has 0 bridgehead atoms. The zero-order valence-electron chi connectivity index (χ0n) is 13.0. The van der Waals surface area contributed by atoms with Crippen LogP contribution in [-0.4, -0.2) is 22.0 Å². The first kappa shape index (κ1) is 17.0. The van der Waals surface area contributed by atoms with Gasteiger partial charge in [0.25, 0.3) is 0 Å². The van der Waals surface area contributed by atoms with E-state index in [4.69, 9.17) is 0 Å². The van der Waals surface area contributed by atoms with Crippen LogP contribution in [0.1, 0.15) is 27.7 Å². The highest BCUT2D eigenvalue weighted by Crippen LogP contribution is 2.23. The lowest BCUT2D eigenvalue weighted by molar-refractivity contribution is 0.289. The average Bonchev–Trinajstić information content (AvgIpc) is 2.37. The third-order valence-corrected chi connectivity index (χ3v) is 5.15. The van der Waals surface area contributed by atoms with E-state index in [9.17, 15) is 8.42 Å². The van der Waals surface area contributed by atoms with Crippen LogP contribution < -0.4 is 10.0 Å². The first-order valence-electron chi connectivity index (χ1n) is 7.06. The molecule has 0 saturated heterocycles. The van der Waals surface area contributed by atoms with Gasteiger partial charge in [0.2, 0.25) is 10.0 Å². The summed E-state index contributed by atoms with van der Waals surface area (Å²) in [5, 5.41) is 2.92. The van der Waals surface area contributed by atoms with Gasteiger partial charge in [-0.05, 0) is 29.9 Å². The second-order valence-corrected chi connectivity index (χ2v) is 7.49. The smallest absolute Gasteiger partial charge is 0.242 e. The molecule has 0 aliphatic rings. The normalized spacial score (nSPS) is 12.4. The van der Waals surface area contributed by atoms with E-state index in [1.54, 1.807) is 25.2 Å². The molecule has 0 fully saturated rings. The van der Waals surface area contributed by atoms with Crippen LogP contribution in [0.15, 0.2) is 29.2 Å². The van der Waals surface area contributed by atoms with E-state index >= 15 is 0 Å². The minimum Gasteiger partial charge on any atom is -0.387 e. The second-order valence-electron chi connectivity index (χ2n) is 5.75. The number of nitrogens with one attached hydrogen (secondary N) is 2. The maximum atomic E-state index is 12.4. The fraction of sp³-hybridized carbons (Fsp3) is 0.600. The molecule has 0 aromatic heterocycles. The summed E-state index contributed by atoms with van der Waals surface area (Å²) in [6.45, 7) is 8.97. The number of benzene rings is 1. The van der Waals surface area contributed by atoms with E-state index in [1.165, 1.54) is 0 Å². The summed E-state index contributed by atoms with van der Waals surface area (Å²) in [4.78, 5) is 0.300. The summed E-state index contributed by atoms with van der Waals surface area (Å²) in [7, 11) is -1.76. The number of sulfonamides is 1. The van der Waals surface area contributed by atoms with Crippen molar-refractivity contribution in [1.29, 1.82) is 0 Å². The predicted molar refractivity (Wildman–Crippen MR) is 84.3 cm³/mol. The van der Waals surface area contributed by atoms with Crippen LogP contribution in [0.2, 0.25) is 0 Å². The Morgan fingerprint density at radius 2 is 1.60 bits per heavy atom. The van der Waals surface area contributed by atoms with Gasteiger partial charge in [-0.15, -0.1) is 0 Å². The summed E-state index contributed by atoms with van der Waals surface area (Å²) in [5.74, 6) is 1.21. The SMILES string of the molecule is CNc1ccccc1S(=O)(=O)NCC(C(C)C)C(C)C. The first-order valence-corrected chi connectivity index (χ1v) is 8.54. The highest BCUT2D eigenvalue weighted by molar-refractivity contribution is 7.89. The molecular weight excluding hydrogens is 272 g/mol. The molecule has 5 heteroatoms. The zero-order valence-corrected chi connectivity index (χ0v) is 13.8.